The molecule has 1 saturated heterocycles. The fraction of sp³-hybridized carbons (Fsp3) is 0.733. The van der Waals surface area contributed by atoms with E-state index in [-0.39, 0.29) is 0 Å². The molecule has 1 aromatic heterocycles. The van der Waals surface area contributed by atoms with Crippen LogP contribution in [0.1, 0.15) is 29.7 Å². The van der Waals surface area contributed by atoms with Crippen molar-refractivity contribution in [1.29, 1.82) is 0 Å². The van der Waals surface area contributed by atoms with Gasteiger partial charge in [0.25, 0.3) is 0 Å². The molecule has 6 heteroatoms. The van der Waals surface area contributed by atoms with Crippen molar-refractivity contribution in [3.05, 3.63) is 21.9 Å². The SMILES string of the molecule is CS(=O)(=O)N1CCC[C@@H](CN2CCCc3sccc3C2)C1. The first kappa shape index (κ1) is 15.5. The third-order valence-corrected chi connectivity index (χ3v) is 6.87. The molecule has 2 aliphatic rings. The quantitative estimate of drug-likeness (QED) is 0.854. The van der Waals surface area contributed by atoms with E-state index >= 15 is 0 Å². The van der Waals surface area contributed by atoms with Crippen molar-refractivity contribution >= 4 is 21.4 Å². The third-order valence-electron chi connectivity index (χ3n) is 4.58. The number of aryl methyl sites for hydroxylation is 1. The first-order valence-corrected chi connectivity index (χ1v) is 10.5. The van der Waals surface area contributed by atoms with Crippen LogP contribution in [-0.2, 0) is 23.0 Å². The van der Waals surface area contributed by atoms with Crippen LogP contribution in [0.4, 0.5) is 0 Å². The van der Waals surface area contributed by atoms with Crippen molar-refractivity contribution in [1.82, 2.24) is 9.21 Å². The van der Waals surface area contributed by atoms with Crippen molar-refractivity contribution in [2.24, 2.45) is 5.92 Å². The molecule has 0 amide bonds. The van der Waals surface area contributed by atoms with Crippen LogP contribution in [0.3, 0.4) is 0 Å². The number of thiophene rings is 1. The molecular weight excluding hydrogens is 304 g/mol. The van der Waals surface area contributed by atoms with Gasteiger partial charge in [-0.2, -0.15) is 0 Å². The summed E-state index contributed by atoms with van der Waals surface area (Å²) in [5.74, 6) is 0.480. The van der Waals surface area contributed by atoms with Crippen LogP contribution in [-0.4, -0.2) is 50.1 Å². The minimum atomic E-state index is -3.03. The number of hydrogen-bond donors (Lipinski definition) is 0. The van der Waals surface area contributed by atoms with E-state index in [0.29, 0.717) is 19.0 Å². The first-order valence-electron chi connectivity index (χ1n) is 7.75. The van der Waals surface area contributed by atoms with Gasteiger partial charge in [-0.25, -0.2) is 12.7 Å². The third kappa shape index (κ3) is 3.86. The van der Waals surface area contributed by atoms with Crippen molar-refractivity contribution in [2.75, 3.05) is 32.4 Å². The fourth-order valence-electron chi connectivity index (χ4n) is 3.51. The number of nitrogens with zero attached hydrogens (tertiary/aromatic N) is 2. The van der Waals surface area contributed by atoms with Gasteiger partial charge in [0.1, 0.15) is 0 Å². The minimum absolute atomic E-state index is 0.480. The Kier molecular flexibility index (Phi) is 4.69. The standard InChI is InChI=1S/C15H24N2O2S2/c1-21(18,19)17-8-2-4-13(11-17)10-16-7-3-5-15-14(12-16)6-9-20-15/h6,9,13H,2-5,7-8,10-12H2,1H3/t13-/m0/s1. The molecule has 0 aromatic carbocycles. The van der Waals surface area contributed by atoms with Crippen LogP contribution < -0.4 is 0 Å². The van der Waals surface area contributed by atoms with Crippen LogP contribution in [0.25, 0.3) is 0 Å². The second-order valence-electron chi connectivity index (χ2n) is 6.34. The normalized spacial score (nSPS) is 25.5. The lowest BCUT2D eigenvalue weighted by molar-refractivity contribution is 0.174. The molecule has 21 heavy (non-hydrogen) atoms. The van der Waals surface area contributed by atoms with Crippen molar-refractivity contribution in [3.8, 4) is 0 Å². The predicted molar refractivity (Wildman–Crippen MR) is 87.1 cm³/mol. The summed E-state index contributed by atoms with van der Waals surface area (Å²) < 4.78 is 25.1. The van der Waals surface area contributed by atoms with Crippen LogP contribution in [0.15, 0.2) is 11.4 Å². The molecule has 0 unspecified atom stereocenters. The fourth-order valence-corrected chi connectivity index (χ4v) is 5.39. The molecule has 3 rings (SSSR count). The van der Waals surface area contributed by atoms with E-state index in [2.05, 4.69) is 16.3 Å². The smallest absolute Gasteiger partial charge is 0.211 e. The van der Waals surface area contributed by atoms with Gasteiger partial charge in [0.05, 0.1) is 6.26 Å². The van der Waals surface area contributed by atoms with E-state index in [1.807, 2.05) is 11.3 Å². The van der Waals surface area contributed by atoms with Gasteiger partial charge in [-0.05, 0) is 55.2 Å². The highest BCUT2D eigenvalue weighted by atomic mass is 32.2. The molecule has 0 saturated carbocycles. The molecule has 1 atom stereocenters. The van der Waals surface area contributed by atoms with Crippen molar-refractivity contribution < 1.29 is 8.42 Å². The Morgan fingerprint density at radius 1 is 1.33 bits per heavy atom. The predicted octanol–water partition coefficient (Wildman–Crippen LogP) is 2.17. The van der Waals surface area contributed by atoms with Gasteiger partial charge in [-0.1, -0.05) is 0 Å². The van der Waals surface area contributed by atoms with E-state index in [1.54, 1.807) is 9.18 Å². The Bertz CT molecular complexity index is 582. The number of piperidine rings is 1. The maximum atomic E-state index is 11.7. The molecule has 0 N–H and O–H groups in total. The lowest BCUT2D eigenvalue weighted by atomic mass is 9.99. The Morgan fingerprint density at radius 2 is 2.19 bits per heavy atom. The zero-order chi connectivity index (χ0) is 14.9. The molecular formula is C15H24N2O2S2. The topological polar surface area (TPSA) is 40.6 Å². The van der Waals surface area contributed by atoms with Crippen molar-refractivity contribution in [2.45, 2.75) is 32.2 Å². The molecule has 1 aromatic rings. The molecule has 118 valence electrons. The van der Waals surface area contributed by atoms with E-state index in [0.717, 1.165) is 32.5 Å². The molecule has 2 aliphatic heterocycles. The Hall–Kier alpha value is -0.430. The highest BCUT2D eigenvalue weighted by Crippen LogP contribution is 2.26. The van der Waals surface area contributed by atoms with E-state index in [1.165, 1.54) is 24.7 Å². The number of rotatable bonds is 3. The Morgan fingerprint density at radius 3 is 3.00 bits per heavy atom. The largest absolute Gasteiger partial charge is 0.299 e. The average Bonchev–Trinajstić information content (AvgIpc) is 2.77. The Balaban J connectivity index is 1.61. The molecule has 1 fully saturated rings. The maximum Gasteiger partial charge on any atom is 0.211 e. The lowest BCUT2D eigenvalue weighted by Gasteiger charge is -2.34. The molecule has 0 radical (unpaired) electrons. The lowest BCUT2D eigenvalue weighted by Crippen LogP contribution is -2.43. The van der Waals surface area contributed by atoms with Gasteiger partial charge < -0.3 is 0 Å². The van der Waals surface area contributed by atoms with Crippen molar-refractivity contribution in [3.63, 3.8) is 0 Å². The van der Waals surface area contributed by atoms with E-state index in [4.69, 9.17) is 0 Å². The summed E-state index contributed by atoms with van der Waals surface area (Å²) in [6, 6.07) is 2.25. The van der Waals surface area contributed by atoms with Gasteiger partial charge in [-0.15, -0.1) is 11.3 Å². The van der Waals surface area contributed by atoms with Gasteiger partial charge in [0, 0.05) is 31.1 Å². The molecule has 3 heterocycles. The summed E-state index contributed by atoms with van der Waals surface area (Å²) in [5, 5.41) is 2.19. The zero-order valence-electron chi connectivity index (χ0n) is 12.6. The molecule has 0 spiro atoms. The first-order chi connectivity index (χ1) is 10.0. The minimum Gasteiger partial charge on any atom is -0.299 e. The monoisotopic (exact) mass is 328 g/mol. The molecule has 0 aliphatic carbocycles. The summed E-state index contributed by atoms with van der Waals surface area (Å²) in [6.07, 6.45) is 5.90. The van der Waals surface area contributed by atoms with Gasteiger partial charge in [0.2, 0.25) is 10.0 Å². The number of sulfonamides is 1. The highest BCUT2D eigenvalue weighted by Gasteiger charge is 2.27. The van der Waals surface area contributed by atoms with Gasteiger partial charge >= 0.3 is 0 Å². The van der Waals surface area contributed by atoms with Crippen LogP contribution in [0, 0.1) is 5.92 Å². The van der Waals surface area contributed by atoms with Crippen LogP contribution in [0.5, 0.6) is 0 Å². The molecule has 0 bridgehead atoms. The van der Waals surface area contributed by atoms with Gasteiger partial charge in [0.15, 0.2) is 0 Å². The molecule has 4 nitrogen and oxygen atoms in total. The second kappa shape index (κ2) is 6.36. The number of hydrogen-bond acceptors (Lipinski definition) is 4. The second-order valence-corrected chi connectivity index (χ2v) is 9.32. The van der Waals surface area contributed by atoms with Crippen LogP contribution in [0.2, 0.25) is 0 Å². The zero-order valence-corrected chi connectivity index (χ0v) is 14.3. The van der Waals surface area contributed by atoms with E-state index < -0.39 is 10.0 Å². The summed E-state index contributed by atoms with van der Waals surface area (Å²) in [4.78, 5) is 4.06. The van der Waals surface area contributed by atoms with Crippen LogP contribution >= 0.6 is 11.3 Å². The maximum absolute atomic E-state index is 11.7. The summed E-state index contributed by atoms with van der Waals surface area (Å²) >= 11 is 1.88. The average molecular weight is 329 g/mol. The summed E-state index contributed by atoms with van der Waals surface area (Å²) in [7, 11) is -3.03. The van der Waals surface area contributed by atoms with Gasteiger partial charge in [-0.3, -0.25) is 4.90 Å². The van der Waals surface area contributed by atoms with E-state index in [9.17, 15) is 8.42 Å². The highest BCUT2D eigenvalue weighted by molar-refractivity contribution is 7.88. The summed E-state index contributed by atoms with van der Waals surface area (Å²) in [6.45, 7) is 4.60. The Labute approximate surface area is 131 Å². The summed E-state index contributed by atoms with van der Waals surface area (Å²) in [5.41, 5.74) is 1.48. The number of fused-ring (bicyclic) bond motifs is 1.